The Morgan fingerprint density at radius 3 is 2.28 bits per heavy atom. The minimum Gasteiger partial charge on any atom is -0.478 e. The Bertz CT molecular complexity index is 892. The second kappa shape index (κ2) is 16.3. The van der Waals surface area contributed by atoms with Crippen LogP contribution in [0, 0.1) is 5.92 Å². The van der Waals surface area contributed by atoms with Crippen LogP contribution in [0.4, 0.5) is 0 Å². The number of carboxylic acid groups (broad SMARTS) is 1. The lowest BCUT2D eigenvalue weighted by Crippen LogP contribution is -2.13. The molecule has 3 heteroatoms. The fourth-order valence-electron chi connectivity index (χ4n) is 5.62. The number of benzene rings is 1. The molecule has 1 fully saturated rings. The highest BCUT2D eigenvalue weighted by Crippen LogP contribution is 2.38. The second-order valence-electron chi connectivity index (χ2n) is 10.8. The number of hydrogen-bond acceptors (Lipinski definition) is 2. The number of rotatable bonds is 16. The van der Waals surface area contributed by atoms with Crippen molar-refractivity contribution in [3.8, 4) is 11.3 Å². The van der Waals surface area contributed by atoms with Gasteiger partial charge in [0.05, 0.1) is 5.69 Å². The van der Waals surface area contributed by atoms with Gasteiger partial charge in [-0.1, -0.05) is 94.7 Å². The van der Waals surface area contributed by atoms with E-state index in [-0.39, 0.29) is 0 Å². The van der Waals surface area contributed by atoms with E-state index in [0.29, 0.717) is 0 Å². The lowest BCUT2D eigenvalue weighted by molar-refractivity contribution is -0.131. The van der Waals surface area contributed by atoms with Crippen molar-refractivity contribution in [2.24, 2.45) is 5.92 Å². The lowest BCUT2D eigenvalue weighted by atomic mass is 9.77. The average Bonchev–Trinajstić information content (AvgIpc) is 2.91. The summed E-state index contributed by atoms with van der Waals surface area (Å²) in [4.78, 5) is 15.2. The molecule has 0 unspecified atom stereocenters. The molecular formula is C33H47NO2. The van der Waals surface area contributed by atoms with Gasteiger partial charge in [-0.2, -0.15) is 0 Å². The number of carbonyl (C=O) groups is 1. The number of pyridine rings is 1. The van der Waals surface area contributed by atoms with Gasteiger partial charge in [0, 0.05) is 17.8 Å². The van der Waals surface area contributed by atoms with Gasteiger partial charge in [0.25, 0.3) is 0 Å². The molecule has 36 heavy (non-hydrogen) atoms. The van der Waals surface area contributed by atoms with Crippen LogP contribution in [0.5, 0.6) is 0 Å². The molecule has 0 saturated heterocycles. The quantitative estimate of drug-likeness (QED) is 0.189. The summed E-state index contributed by atoms with van der Waals surface area (Å²) < 4.78 is 0. The third-order valence-electron chi connectivity index (χ3n) is 7.91. The number of aromatic nitrogens is 1. The molecule has 1 aromatic heterocycles. The van der Waals surface area contributed by atoms with Crippen LogP contribution in [0.25, 0.3) is 11.3 Å². The maximum atomic E-state index is 10.4. The van der Waals surface area contributed by atoms with Crippen LogP contribution in [0.1, 0.15) is 120 Å². The Morgan fingerprint density at radius 1 is 0.889 bits per heavy atom. The van der Waals surface area contributed by atoms with Gasteiger partial charge in [-0.3, -0.25) is 4.98 Å². The van der Waals surface area contributed by atoms with Crippen molar-refractivity contribution in [1.82, 2.24) is 4.98 Å². The molecule has 1 N–H and O–H groups in total. The number of hydrogen-bond donors (Lipinski definition) is 1. The third-order valence-corrected chi connectivity index (χ3v) is 7.91. The molecule has 1 aliphatic rings. The number of nitrogens with zero attached hydrogens (tertiary/aromatic N) is 1. The zero-order valence-electron chi connectivity index (χ0n) is 22.5. The highest BCUT2D eigenvalue weighted by molar-refractivity contribution is 5.79. The van der Waals surface area contributed by atoms with Gasteiger partial charge < -0.3 is 5.11 Å². The van der Waals surface area contributed by atoms with E-state index in [1.165, 1.54) is 106 Å². The first-order valence-corrected chi connectivity index (χ1v) is 14.6. The topological polar surface area (TPSA) is 50.2 Å². The van der Waals surface area contributed by atoms with Crippen molar-refractivity contribution in [2.45, 2.75) is 116 Å². The molecule has 0 amide bonds. The van der Waals surface area contributed by atoms with Gasteiger partial charge in [-0.15, -0.1) is 0 Å². The third kappa shape index (κ3) is 10.3. The van der Waals surface area contributed by atoms with Crippen LogP contribution >= 0.6 is 0 Å². The average molecular weight is 490 g/mol. The monoisotopic (exact) mass is 489 g/mol. The predicted molar refractivity (Wildman–Crippen MR) is 151 cm³/mol. The Hall–Kier alpha value is -2.42. The Kier molecular flexibility index (Phi) is 12.8. The first-order chi connectivity index (χ1) is 17.7. The van der Waals surface area contributed by atoms with E-state index >= 15 is 0 Å². The van der Waals surface area contributed by atoms with E-state index in [1.807, 2.05) is 0 Å². The normalized spacial score (nSPS) is 18.0. The summed E-state index contributed by atoms with van der Waals surface area (Å²) >= 11 is 0. The van der Waals surface area contributed by atoms with Gasteiger partial charge in [-0.25, -0.2) is 4.79 Å². The summed E-state index contributed by atoms with van der Waals surface area (Å²) in [7, 11) is 0. The minimum absolute atomic E-state index is 0.722. The molecule has 0 bridgehead atoms. The van der Waals surface area contributed by atoms with E-state index < -0.39 is 5.97 Å². The lowest BCUT2D eigenvalue weighted by Gasteiger charge is -2.29. The van der Waals surface area contributed by atoms with Crippen LogP contribution in [0.2, 0.25) is 0 Å². The molecule has 1 aromatic carbocycles. The number of aryl methyl sites for hydroxylation is 1. The molecular weight excluding hydrogens is 442 g/mol. The van der Waals surface area contributed by atoms with E-state index in [1.54, 1.807) is 6.08 Å². The molecule has 0 spiro atoms. The molecule has 0 atom stereocenters. The van der Waals surface area contributed by atoms with Crippen molar-refractivity contribution < 1.29 is 9.90 Å². The van der Waals surface area contributed by atoms with E-state index in [0.717, 1.165) is 36.8 Å². The van der Waals surface area contributed by atoms with Crippen LogP contribution < -0.4 is 0 Å². The first kappa shape index (κ1) is 28.2. The molecule has 2 aromatic rings. The van der Waals surface area contributed by atoms with Gasteiger partial charge >= 0.3 is 5.97 Å². The standard InChI is InChI=1S/C33H47NO2/c1-2-3-10-14-28-18-25-32(34-26-28)31-23-21-30(22-24-31)29-19-16-27(17-20-29)13-11-8-6-4-5-7-9-12-15-33(35)36/h12,15,18,21-27,29H,2-11,13-14,16-17,19-20H2,1H3,(H,35,36)/b15-12+/t27-,29-. The Morgan fingerprint density at radius 2 is 1.61 bits per heavy atom. The maximum absolute atomic E-state index is 10.4. The minimum atomic E-state index is -0.839. The van der Waals surface area contributed by atoms with Crippen LogP contribution in [-0.2, 0) is 11.2 Å². The van der Waals surface area contributed by atoms with Crippen LogP contribution in [0.3, 0.4) is 0 Å². The number of carboxylic acids is 1. The molecule has 1 heterocycles. The summed E-state index contributed by atoms with van der Waals surface area (Å²) in [6.45, 7) is 2.25. The molecule has 3 rings (SSSR count). The van der Waals surface area contributed by atoms with E-state index in [4.69, 9.17) is 10.1 Å². The Labute approximate surface area is 219 Å². The van der Waals surface area contributed by atoms with Crippen LogP contribution in [-0.4, -0.2) is 16.1 Å². The highest BCUT2D eigenvalue weighted by Gasteiger charge is 2.22. The zero-order chi connectivity index (χ0) is 25.4. The summed E-state index contributed by atoms with van der Waals surface area (Å²) in [6, 6.07) is 13.6. The molecule has 0 aliphatic heterocycles. The number of aliphatic carboxylic acids is 1. The molecule has 1 aliphatic carbocycles. The van der Waals surface area contributed by atoms with Crippen molar-refractivity contribution >= 4 is 5.97 Å². The maximum Gasteiger partial charge on any atom is 0.327 e. The molecule has 1 saturated carbocycles. The van der Waals surface area contributed by atoms with Crippen molar-refractivity contribution in [3.63, 3.8) is 0 Å². The van der Waals surface area contributed by atoms with Crippen molar-refractivity contribution in [1.29, 1.82) is 0 Å². The smallest absolute Gasteiger partial charge is 0.327 e. The fourth-order valence-corrected chi connectivity index (χ4v) is 5.62. The SMILES string of the molecule is CCCCCc1ccc(-c2ccc([C@H]3CC[C@H](CCCCCCCC/C=C/C(=O)O)CC3)cc2)nc1. The first-order valence-electron chi connectivity index (χ1n) is 14.6. The Balaban J connectivity index is 1.29. The summed E-state index contributed by atoms with van der Waals surface area (Å²) in [5, 5.41) is 8.58. The van der Waals surface area contributed by atoms with E-state index in [2.05, 4.69) is 49.5 Å². The van der Waals surface area contributed by atoms with Gasteiger partial charge in [0.1, 0.15) is 0 Å². The van der Waals surface area contributed by atoms with Crippen molar-refractivity contribution in [2.75, 3.05) is 0 Å². The number of allylic oxidation sites excluding steroid dienone is 1. The second-order valence-corrected chi connectivity index (χ2v) is 10.8. The van der Waals surface area contributed by atoms with Gasteiger partial charge in [0.2, 0.25) is 0 Å². The molecule has 196 valence electrons. The number of unbranched alkanes of at least 4 members (excludes halogenated alkanes) is 8. The fraction of sp³-hybridized carbons (Fsp3) is 0.576. The summed E-state index contributed by atoms with van der Waals surface area (Å²) in [5.41, 5.74) is 5.17. The van der Waals surface area contributed by atoms with Gasteiger partial charge in [-0.05, 0) is 80.4 Å². The molecule has 3 nitrogen and oxygen atoms in total. The predicted octanol–water partition coefficient (Wildman–Crippen LogP) is 9.52. The summed E-state index contributed by atoms with van der Waals surface area (Å²) in [6.07, 6.45) is 25.4. The largest absolute Gasteiger partial charge is 0.478 e. The van der Waals surface area contributed by atoms with Crippen LogP contribution in [0.15, 0.2) is 54.7 Å². The highest BCUT2D eigenvalue weighted by atomic mass is 16.4. The van der Waals surface area contributed by atoms with E-state index in [9.17, 15) is 4.79 Å². The molecule has 0 radical (unpaired) electrons. The zero-order valence-corrected chi connectivity index (χ0v) is 22.5. The summed E-state index contributed by atoms with van der Waals surface area (Å²) in [5.74, 6) is 0.801. The van der Waals surface area contributed by atoms with Crippen molar-refractivity contribution in [3.05, 3.63) is 65.9 Å². The van der Waals surface area contributed by atoms with Gasteiger partial charge in [0.15, 0.2) is 0 Å².